The highest BCUT2D eigenvalue weighted by molar-refractivity contribution is 5.93. The SMILES string of the molecule is O=C(Nc1ccc(-n2cccn2)c(F)c1)C1CCCN(c2cnccn2)C1. The Kier molecular flexibility index (Phi) is 4.78. The van der Waals surface area contributed by atoms with E-state index in [0.29, 0.717) is 17.9 Å². The molecule has 2 aromatic heterocycles. The molecule has 0 aliphatic carbocycles. The van der Waals surface area contributed by atoms with Gasteiger partial charge in [0.2, 0.25) is 5.91 Å². The third-order valence-corrected chi connectivity index (χ3v) is 4.63. The molecule has 0 radical (unpaired) electrons. The van der Waals surface area contributed by atoms with E-state index in [9.17, 15) is 9.18 Å². The summed E-state index contributed by atoms with van der Waals surface area (Å²) in [5.41, 5.74) is 0.773. The van der Waals surface area contributed by atoms with Crippen molar-refractivity contribution in [1.82, 2.24) is 19.7 Å². The van der Waals surface area contributed by atoms with Crippen LogP contribution in [0.15, 0.2) is 55.2 Å². The number of rotatable bonds is 4. The Morgan fingerprint density at radius 3 is 2.93 bits per heavy atom. The topological polar surface area (TPSA) is 75.9 Å². The molecule has 1 amide bonds. The lowest BCUT2D eigenvalue weighted by Crippen LogP contribution is -2.41. The molecule has 1 N–H and O–H groups in total. The van der Waals surface area contributed by atoms with Crippen molar-refractivity contribution in [1.29, 1.82) is 0 Å². The van der Waals surface area contributed by atoms with E-state index < -0.39 is 5.82 Å². The molecule has 1 aliphatic rings. The lowest BCUT2D eigenvalue weighted by molar-refractivity contribution is -0.120. The number of anilines is 2. The summed E-state index contributed by atoms with van der Waals surface area (Å²) < 4.78 is 15.8. The number of nitrogens with zero attached hydrogens (tertiary/aromatic N) is 5. The summed E-state index contributed by atoms with van der Waals surface area (Å²) in [6.07, 6.45) is 9.89. The Hall–Kier alpha value is -3.29. The van der Waals surface area contributed by atoms with Crippen LogP contribution in [0.3, 0.4) is 0 Å². The largest absolute Gasteiger partial charge is 0.355 e. The van der Waals surface area contributed by atoms with E-state index >= 15 is 0 Å². The van der Waals surface area contributed by atoms with Gasteiger partial charge in [0, 0.05) is 43.6 Å². The van der Waals surface area contributed by atoms with Gasteiger partial charge in [-0.05, 0) is 37.1 Å². The van der Waals surface area contributed by atoms with E-state index in [1.165, 1.54) is 10.7 Å². The van der Waals surface area contributed by atoms with Gasteiger partial charge in [0.05, 0.1) is 12.1 Å². The van der Waals surface area contributed by atoms with Crippen molar-refractivity contribution >= 4 is 17.4 Å². The van der Waals surface area contributed by atoms with Gasteiger partial charge >= 0.3 is 0 Å². The first-order chi connectivity index (χ1) is 13.2. The lowest BCUT2D eigenvalue weighted by Gasteiger charge is -2.32. The Balaban J connectivity index is 1.43. The number of aromatic nitrogens is 4. The minimum atomic E-state index is -0.443. The maximum Gasteiger partial charge on any atom is 0.229 e. The second-order valence-electron chi connectivity index (χ2n) is 6.45. The molecule has 3 heterocycles. The predicted molar refractivity (Wildman–Crippen MR) is 99.1 cm³/mol. The van der Waals surface area contributed by atoms with Crippen LogP contribution in [0.5, 0.6) is 0 Å². The summed E-state index contributed by atoms with van der Waals surface area (Å²) >= 11 is 0. The molecule has 1 atom stereocenters. The molecule has 4 rings (SSSR count). The zero-order chi connectivity index (χ0) is 18.6. The number of carbonyl (C=O) groups excluding carboxylic acids is 1. The molecule has 27 heavy (non-hydrogen) atoms. The van der Waals surface area contributed by atoms with Crippen LogP contribution in [0.1, 0.15) is 12.8 Å². The van der Waals surface area contributed by atoms with Crippen LogP contribution in [0.2, 0.25) is 0 Å². The van der Waals surface area contributed by atoms with Gasteiger partial charge < -0.3 is 10.2 Å². The van der Waals surface area contributed by atoms with Gasteiger partial charge in [0.15, 0.2) is 5.82 Å². The molecule has 1 aromatic carbocycles. The third-order valence-electron chi connectivity index (χ3n) is 4.63. The molecule has 0 spiro atoms. The van der Waals surface area contributed by atoms with E-state index in [0.717, 1.165) is 25.2 Å². The molecule has 8 heteroatoms. The first-order valence-electron chi connectivity index (χ1n) is 8.82. The Labute approximate surface area is 155 Å². The molecule has 138 valence electrons. The average Bonchev–Trinajstić information content (AvgIpc) is 3.23. The summed E-state index contributed by atoms with van der Waals surface area (Å²) in [6.45, 7) is 1.41. The Bertz CT molecular complexity index is 915. The fourth-order valence-electron chi connectivity index (χ4n) is 3.28. The van der Waals surface area contributed by atoms with Crippen molar-refractivity contribution in [2.75, 3.05) is 23.3 Å². The molecule has 1 fully saturated rings. The first-order valence-corrected chi connectivity index (χ1v) is 8.82. The highest BCUT2D eigenvalue weighted by Gasteiger charge is 2.26. The summed E-state index contributed by atoms with van der Waals surface area (Å²) in [6, 6.07) is 6.32. The van der Waals surface area contributed by atoms with Crippen LogP contribution in [0, 0.1) is 11.7 Å². The molecule has 1 saturated heterocycles. The molecule has 1 unspecified atom stereocenters. The summed E-state index contributed by atoms with van der Waals surface area (Å²) in [5.74, 6) is 0.0235. The maximum absolute atomic E-state index is 14.4. The fraction of sp³-hybridized carbons (Fsp3) is 0.263. The Morgan fingerprint density at radius 2 is 2.19 bits per heavy atom. The van der Waals surface area contributed by atoms with Gasteiger partial charge in [0.1, 0.15) is 11.5 Å². The Morgan fingerprint density at radius 1 is 1.26 bits per heavy atom. The van der Waals surface area contributed by atoms with Crippen LogP contribution in [0.4, 0.5) is 15.9 Å². The molecule has 0 bridgehead atoms. The zero-order valence-corrected chi connectivity index (χ0v) is 14.6. The van der Waals surface area contributed by atoms with Gasteiger partial charge in [-0.25, -0.2) is 14.1 Å². The second kappa shape index (κ2) is 7.53. The average molecular weight is 366 g/mol. The number of nitrogens with one attached hydrogen (secondary N) is 1. The van der Waals surface area contributed by atoms with Crippen LogP contribution >= 0.6 is 0 Å². The number of halogens is 1. The van der Waals surface area contributed by atoms with Gasteiger partial charge in [-0.2, -0.15) is 5.10 Å². The van der Waals surface area contributed by atoms with E-state index in [2.05, 4.69) is 25.3 Å². The first kappa shape index (κ1) is 17.1. The molecule has 1 aliphatic heterocycles. The third kappa shape index (κ3) is 3.79. The number of carbonyl (C=O) groups is 1. The normalized spacial score (nSPS) is 16.9. The highest BCUT2D eigenvalue weighted by atomic mass is 19.1. The van der Waals surface area contributed by atoms with Crippen LogP contribution in [-0.2, 0) is 4.79 Å². The second-order valence-corrected chi connectivity index (χ2v) is 6.45. The van der Waals surface area contributed by atoms with Gasteiger partial charge in [0.25, 0.3) is 0 Å². The molecular weight excluding hydrogens is 347 g/mol. The smallest absolute Gasteiger partial charge is 0.229 e. The van der Waals surface area contributed by atoms with Crippen LogP contribution in [0.25, 0.3) is 5.69 Å². The highest BCUT2D eigenvalue weighted by Crippen LogP contribution is 2.23. The van der Waals surface area contributed by atoms with Crippen LogP contribution in [-0.4, -0.2) is 38.7 Å². The number of hydrogen-bond acceptors (Lipinski definition) is 5. The number of amides is 1. The lowest BCUT2D eigenvalue weighted by atomic mass is 9.97. The maximum atomic E-state index is 14.4. The molecule has 3 aromatic rings. The fourth-order valence-corrected chi connectivity index (χ4v) is 3.28. The minimum Gasteiger partial charge on any atom is -0.355 e. The van der Waals surface area contributed by atoms with Crippen molar-refractivity contribution < 1.29 is 9.18 Å². The van der Waals surface area contributed by atoms with Gasteiger partial charge in [-0.15, -0.1) is 0 Å². The van der Waals surface area contributed by atoms with Crippen LogP contribution < -0.4 is 10.2 Å². The van der Waals surface area contributed by atoms with E-state index in [1.807, 2.05) is 0 Å². The minimum absolute atomic E-state index is 0.116. The van der Waals surface area contributed by atoms with Crippen molar-refractivity contribution in [3.63, 3.8) is 0 Å². The van der Waals surface area contributed by atoms with E-state index in [4.69, 9.17) is 0 Å². The molecule has 0 saturated carbocycles. The quantitative estimate of drug-likeness (QED) is 0.768. The van der Waals surface area contributed by atoms with E-state index in [-0.39, 0.29) is 11.8 Å². The van der Waals surface area contributed by atoms with Crippen molar-refractivity contribution in [2.24, 2.45) is 5.92 Å². The number of piperidine rings is 1. The van der Waals surface area contributed by atoms with E-state index in [1.54, 1.807) is 49.2 Å². The van der Waals surface area contributed by atoms with Crippen molar-refractivity contribution in [3.8, 4) is 5.69 Å². The zero-order valence-electron chi connectivity index (χ0n) is 14.6. The molecular formula is C19H19FN6O. The summed E-state index contributed by atoms with van der Waals surface area (Å²) in [4.78, 5) is 23.1. The monoisotopic (exact) mass is 366 g/mol. The summed E-state index contributed by atoms with van der Waals surface area (Å²) in [7, 11) is 0. The standard InChI is InChI=1S/C19H19FN6O/c20-16-11-15(4-5-17(16)26-10-2-6-23-26)24-19(27)14-3-1-9-25(13-14)18-12-21-7-8-22-18/h2,4-8,10-12,14H,1,3,9,13H2,(H,24,27). The number of hydrogen-bond donors (Lipinski definition) is 1. The van der Waals surface area contributed by atoms with Crippen molar-refractivity contribution in [2.45, 2.75) is 12.8 Å². The number of benzene rings is 1. The van der Waals surface area contributed by atoms with Gasteiger partial charge in [-0.3, -0.25) is 9.78 Å². The summed E-state index contributed by atoms with van der Waals surface area (Å²) in [5, 5.41) is 6.85. The van der Waals surface area contributed by atoms with Gasteiger partial charge in [-0.1, -0.05) is 0 Å². The predicted octanol–water partition coefficient (Wildman–Crippen LogP) is 2.66. The van der Waals surface area contributed by atoms with Crippen molar-refractivity contribution in [3.05, 3.63) is 61.1 Å². The molecule has 7 nitrogen and oxygen atoms in total.